The van der Waals surface area contributed by atoms with Gasteiger partial charge in [-0.1, -0.05) is 60.2 Å². The van der Waals surface area contributed by atoms with Crippen molar-refractivity contribution in [1.82, 2.24) is 10.4 Å². The lowest BCUT2D eigenvalue weighted by Gasteiger charge is -2.13. The van der Waals surface area contributed by atoms with Crippen LogP contribution in [-0.2, 0) is 6.61 Å². The number of amides is 1. The van der Waals surface area contributed by atoms with E-state index < -0.39 is 0 Å². The van der Waals surface area contributed by atoms with Crippen molar-refractivity contribution in [2.75, 3.05) is 12.4 Å². The van der Waals surface area contributed by atoms with Crippen LogP contribution < -0.4 is 20.2 Å². The van der Waals surface area contributed by atoms with E-state index in [1.807, 2.05) is 66.0 Å². The summed E-state index contributed by atoms with van der Waals surface area (Å²) in [5.74, 6) is 0.829. The lowest BCUT2D eigenvalue weighted by Crippen LogP contribution is -2.17. The van der Waals surface area contributed by atoms with Crippen LogP contribution in [0, 0.1) is 6.92 Å². The number of carbonyl (C=O) groups is 1. The maximum absolute atomic E-state index is 12.7. The minimum absolute atomic E-state index is 0.318. The zero-order valence-electron chi connectivity index (χ0n) is 22.4. The molecule has 0 bridgehead atoms. The molecular weight excluding hydrogens is 600 g/mol. The summed E-state index contributed by atoms with van der Waals surface area (Å²) in [4.78, 5) is 17.3. The van der Waals surface area contributed by atoms with Gasteiger partial charge in [0.05, 0.1) is 23.5 Å². The Balaban J connectivity index is 1.18. The second kappa shape index (κ2) is 13.3. The first kappa shape index (κ1) is 28.1. The van der Waals surface area contributed by atoms with Crippen molar-refractivity contribution in [2.45, 2.75) is 13.5 Å². The Kier molecular flexibility index (Phi) is 9.08. The van der Waals surface area contributed by atoms with Crippen LogP contribution in [0.15, 0.2) is 106 Å². The molecule has 0 spiro atoms. The Morgan fingerprint density at radius 1 is 1.02 bits per heavy atom. The van der Waals surface area contributed by atoms with E-state index in [4.69, 9.17) is 9.47 Å². The number of aromatic nitrogens is 1. The predicted octanol–water partition coefficient (Wildman–Crippen LogP) is 7.98. The van der Waals surface area contributed by atoms with Crippen molar-refractivity contribution in [3.05, 3.63) is 123 Å². The van der Waals surface area contributed by atoms with Gasteiger partial charge >= 0.3 is 0 Å². The molecular formula is C32H27BrN4O3S. The van der Waals surface area contributed by atoms with Gasteiger partial charge in [0, 0.05) is 22.2 Å². The van der Waals surface area contributed by atoms with Gasteiger partial charge in [-0.05, 0) is 70.4 Å². The standard InChI is InChI=1S/C32H27BrN4O3S/c1-21-8-14-26(15-9-21)35-32-36-28(20-41-32)24-10-12-25(13-11-24)31(38)37-34-18-23-16-27(33)30(29(17-23)39-2)40-19-22-6-4-3-5-7-22/h3-18,20H,19H2,1-2H3,(H,35,36)(H,37,38)/b34-18-. The third kappa shape index (κ3) is 7.39. The third-order valence-corrected chi connectivity index (χ3v) is 7.45. The highest BCUT2D eigenvalue weighted by molar-refractivity contribution is 9.10. The number of nitrogens with one attached hydrogen (secondary N) is 2. The fourth-order valence-electron chi connectivity index (χ4n) is 3.93. The van der Waals surface area contributed by atoms with Crippen molar-refractivity contribution >= 4 is 50.2 Å². The molecule has 1 heterocycles. The Morgan fingerprint density at radius 2 is 1.78 bits per heavy atom. The zero-order chi connectivity index (χ0) is 28.6. The number of anilines is 2. The minimum atomic E-state index is -0.318. The number of hydrazone groups is 1. The van der Waals surface area contributed by atoms with Crippen LogP contribution >= 0.6 is 27.3 Å². The molecule has 1 aromatic heterocycles. The Hall–Kier alpha value is -4.47. The predicted molar refractivity (Wildman–Crippen MR) is 169 cm³/mol. The van der Waals surface area contributed by atoms with Gasteiger partial charge in [0.1, 0.15) is 6.61 Å². The molecule has 1 amide bonds. The molecule has 0 radical (unpaired) electrons. The average Bonchev–Trinajstić information content (AvgIpc) is 3.46. The summed E-state index contributed by atoms with van der Waals surface area (Å²) < 4.78 is 12.2. The van der Waals surface area contributed by atoms with Crippen molar-refractivity contribution in [1.29, 1.82) is 0 Å². The van der Waals surface area contributed by atoms with E-state index in [0.29, 0.717) is 23.7 Å². The quantitative estimate of drug-likeness (QED) is 0.121. The molecule has 0 unspecified atom stereocenters. The number of nitrogens with zero attached hydrogens (tertiary/aromatic N) is 2. The van der Waals surface area contributed by atoms with E-state index in [2.05, 4.69) is 55.8 Å². The maximum Gasteiger partial charge on any atom is 0.271 e. The van der Waals surface area contributed by atoms with Crippen LogP contribution in [0.4, 0.5) is 10.8 Å². The summed E-state index contributed by atoms with van der Waals surface area (Å²) in [5, 5.41) is 10.2. The zero-order valence-corrected chi connectivity index (χ0v) is 24.8. The number of carbonyl (C=O) groups excluding carboxylic acids is 1. The van der Waals surface area contributed by atoms with Crippen LogP contribution in [0.2, 0.25) is 0 Å². The van der Waals surface area contributed by atoms with Crippen molar-refractivity contribution in [2.24, 2.45) is 5.10 Å². The molecule has 4 aromatic carbocycles. The molecule has 206 valence electrons. The fourth-order valence-corrected chi connectivity index (χ4v) is 5.24. The topological polar surface area (TPSA) is 84.8 Å². The molecule has 0 fully saturated rings. The molecule has 41 heavy (non-hydrogen) atoms. The summed E-state index contributed by atoms with van der Waals surface area (Å²) in [7, 11) is 1.58. The van der Waals surface area contributed by atoms with E-state index in [9.17, 15) is 4.79 Å². The molecule has 7 nitrogen and oxygen atoms in total. The van der Waals surface area contributed by atoms with Crippen molar-refractivity contribution < 1.29 is 14.3 Å². The highest BCUT2D eigenvalue weighted by atomic mass is 79.9. The molecule has 0 aliphatic carbocycles. The molecule has 0 aliphatic heterocycles. The van der Waals surface area contributed by atoms with Gasteiger partial charge in [0.25, 0.3) is 5.91 Å². The van der Waals surface area contributed by atoms with Crippen LogP contribution in [-0.4, -0.2) is 24.2 Å². The number of aryl methyl sites for hydroxylation is 1. The summed E-state index contributed by atoms with van der Waals surface area (Å²) in [5.41, 5.74) is 8.80. The molecule has 0 saturated heterocycles. The monoisotopic (exact) mass is 626 g/mol. The maximum atomic E-state index is 12.7. The van der Waals surface area contributed by atoms with E-state index >= 15 is 0 Å². The molecule has 9 heteroatoms. The summed E-state index contributed by atoms with van der Waals surface area (Å²) >= 11 is 5.08. The van der Waals surface area contributed by atoms with Crippen LogP contribution in [0.3, 0.4) is 0 Å². The normalized spacial score (nSPS) is 10.9. The van der Waals surface area contributed by atoms with Gasteiger partial charge in [0.15, 0.2) is 16.6 Å². The summed E-state index contributed by atoms with van der Waals surface area (Å²) in [6.45, 7) is 2.46. The average molecular weight is 628 g/mol. The van der Waals surface area contributed by atoms with Gasteiger partial charge in [0.2, 0.25) is 0 Å². The highest BCUT2D eigenvalue weighted by Gasteiger charge is 2.12. The second-order valence-corrected chi connectivity index (χ2v) is 10.8. The van der Waals surface area contributed by atoms with Gasteiger partial charge in [-0.2, -0.15) is 5.10 Å². The van der Waals surface area contributed by atoms with E-state index in [-0.39, 0.29) is 5.91 Å². The fraction of sp³-hybridized carbons (Fsp3) is 0.0938. The number of thiazole rings is 1. The molecule has 2 N–H and O–H groups in total. The number of ether oxygens (including phenoxy) is 2. The van der Waals surface area contributed by atoms with Gasteiger partial charge in [-0.15, -0.1) is 11.3 Å². The van der Waals surface area contributed by atoms with Crippen molar-refractivity contribution in [3.63, 3.8) is 0 Å². The molecule has 0 atom stereocenters. The molecule has 5 rings (SSSR count). The second-order valence-electron chi connectivity index (χ2n) is 9.11. The van der Waals surface area contributed by atoms with E-state index in [1.54, 1.807) is 31.5 Å². The Labute approximate surface area is 251 Å². The largest absolute Gasteiger partial charge is 0.493 e. The molecule has 5 aromatic rings. The first-order valence-corrected chi connectivity index (χ1v) is 14.4. The van der Waals surface area contributed by atoms with Crippen LogP contribution in [0.5, 0.6) is 11.5 Å². The number of methoxy groups -OCH3 is 1. The number of hydrogen-bond acceptors (Lipinski definition) is 7. The minimum Gasteiger partial charge on any atom is -0.493 e. The molecule has 0 aliphatic rings. The number of benzene rings is 4. The van der Waals surface area contributed by atoms with Gasteiger partial charge in [-0.3, -0.25) is 4.79 Å². The molecule has 0 saturated carbocycles. The Morgan fingerprint density at radius 3 is 2.51 bits per heavy atom. The first-order valence-electron chi connectivity index (χ1n) is 12.8. The summed E-state index contributed by atoms with van der Waals surface area (Å²) in [6, 6.07) is 29.0. The highest BCUT2D eigenvalue weighted by Crippen LogP contribution is 2.37. The SMILES string of the molecule is COc1cc(/C=N\NC(=O)c2ccc(-c3csc(Nc4ccc(C)cc4)n3)cc2)cc(Br)c1OCc1ccccc1. The lowest BCUT2D eigenvalue weighted by atomic mass is 10.1. The smallest absolute Gasteiger partial charge is 0.271 e. The van der Waals surface area contributed by atoms with E-state index in [0.717, 1.165) is 37.7 Å². The Bertz CT molecular complexity index is 1650. The van der Waals surface area contributed by atoms with Crippen LogP contribution in [0.1, 0.15) is 27.0 Å². The lowest BCUT2D eigenvalue weighted by molar-refractivity contribution is 0.0955. The van der Waals surface area contributed by atoms with Crippen molar-refractivity contribution in [3.8, 4) is 22.8 Å². The first-order chi connectivity index (χ1) is 20.0. The summed E-state index contributed by atoms with van der Waals surface area (Å²) in [6.07, 6.45) is 1.55. The van der Waals surface area contributed by atoms with Gasteiger partial charge < -0.3 is 14.8 Å². The van der Waals surface area contributed by atoms with E-state index in [1.165, 1.54) is 16.9 Å². The number of rotatable bonds is 10. The van der Waals surface area contributed by atoms with Crippen LogP contribution in [0.25, 0.3) is 11.3 Å². The number of halogens is 1. The number of hydrogen-bond donors (Lipinski definition) is 2. The third-order valence-electron chi connectivity index (χ3n) is 6.11. The van der Waals surface area contributed by atoms with Gasteiger partial charge in [-0.25, -0.2) is 10.4 Å².